The van der Waals surface area contributed by atoms with E-state index in [0.29, 0.717) is 36.0 Å². The molecule has 2 amide bonds. The van der Waals surface area contributed by atoms with Gasteiger partial charge in [0.25, 0.3) is 0 Å². The third-order valence-electron chi connectivity index (χ3n) is 4.75. The first kappa shape index (κ1) is 19.5. The Morgan fingerprint density at radius 1 is 1.07 bits per heavy atom. The van der Waals surface area contributed by atoms with E-state index in [1.807, 2.05) is 30.3 Å². The van der Waals surface area contributed by atoms with Crippen LogP contribution in [-0.4, -0.2) is 39.7 Å². The molecule has 1 N–H and O–H groups in total. The number of carbonyl (C=O) groups excluding carboxylic acids is 2. The Labute approximate surface area is 164 Å². The van der Waals surface area contributed by atoms with Crippen molar-refractivity contribution in [1.82, 2.24) is 5.32 Å². The van der Waals surface area contributed by atoms with Gasteiger partial charge < -0.3 is 24.4 Å². The van der Waals surface area contributed by atoms with Crippen LogP contribution in [0.25, 0.3) is 0 Å². The molecular formula is C21H24N2O5. The number of methoxy groups -OCH3 is 3. The Morgan fingerprint density at radius 3 is 2.39 bits per heavy atom. The maximum atomic E-state index is 12.6. The molecule has 7 heteroatoms. The van der Waals surface area contributed by atoms with E-state index in [1.54, 1.807) is 38.4 Å². The third-order valence-corrected chi connectivity index (χ3v) is 4.75. The average Bonchev–Trinajstić information content (AvgIpc) is 3.13. The van der Waals surface area contributed by atoms with Gasteiger partial charge in [-0.1, -0.05) is 12.1 Å². The van der Waals surface area contributed by atoms with Gasteiger partial charge in [-0.25, -0.2) is 0 Å². The van der Waals surface area contributed by atoms with Crippen LogP contribution in [0, 0.1) is 5.92 Å². The van der Waals surface area contributed by atoms with E-state index in [-0.39, 0.29) is 18.2 Å². The van der Waals surface area contributed by atoms with Crippen LogP contribution in [0.15, 0.2) is 42.5 Å². The van der Waals surface area contributed by atoms with Gasteiger partial charge in [-0.2, -0.15) is 0 Å². The molecule has 0 aromatic heterocycles. The van der Waals surface area contributed by atoms with Gasteiger partial charge in [0.15, 0.2) is 0 Å². The van der Waals surface area contributed by atoms with E-state index in [2.05, 4.69) is 5.32 Å². The Balaban J connectivity index is 1.65. The first-order valence-electron chi connectivity index (χ1n) is 8.98. The maximum Gasteiger partial charge on any atom is 0.227 e. The van der Waals surface area contributed by atoms with E-state index in [4.69, 9.17) is 14.2 Å². The zero-order valence-corrected chi connectivity index (χ0v) is 16.2. The molecule has 2 aromatic rings. The van der Waals surface area contributed by atoms with Crippen molar-refractivity contribution in [2.24, 2.45) is 5.92 Å². The molecule has 0 bridgehead atoms. The summed E-state index contributed by atoms with van der Waals surface area (Å²) in [6.07, 6.45) is 0.172. The molecule has 1 unspecified atom stereocenters. The summed E-state index contributed by atoms with van der Waals surface area (Å²) in [7, 11) is 4.72. The predicted octanol–water partition coefficient (Wildman–Crippen LogP) is 2.38. The molecule has 28 heavy (non-hydrogen) atoms. The summed E-state index contributed by atoms with van der Waals surface area (Å²) < 4.78 is 15.8. The molecule has 1 heterocycles. The molecule has 3 rings (SSSR count). The van der Waals surface area contributed by atoms with Gasteiger partial charge in [0.2, 0.25) is 11.8 Å². The highest BCUT2D eigenvalue weighted by molar-refractivity contribution is 6.01. The van der Waals surface area contributed by atoms with Crippen molar-refractivity contribution in [3.8, 4) is 17.2 Å². The van der Waals surface area contributed by atoms with Crippen molar-refractivity contribution < 1.29 is 23.8 Å². The summed E-state index contributed by atoms with van der Waals surface area (Å²) in [5, 5.41) is 2.90. The van der Waals surface area contributed by atoms with Crippen molar-refractivity contribution in [1.29, 1.82) is 0 Å². The highest BCUT2D eigenvalue weighted by Gasteiger charge is 2.36. The van der Waals surface area contributed by atoms with E-state index < -0.39 is 5.92 Å². The molecule has 1 aliphatic rings. The van der Waals surface area contributed by atoms with Gasteiger partial charge in [0, 0.05) is 25.6 Å². The van der Waals surface area contributed by atoms with Crippen molar-refractivity contribution >= 4 is 17.5 Å². The molecule has 7 nitrogen and oxygen atoms in total. The Kier molecular flexibility index (Phi) is 6.03. The smallest absolute Gasteiger partial charge is 0.227 e. The lowest BCUT2D eigenvalue weighted by Crippen LogP contribution is -2.32. The molecule has 1 saturated heterocycles. The molecule has 0 spiro atoms. The first-order chi connectivity index (χ1) is 13.5. The predicted molar refractivity (Wildman–Crippen MR) is 105 cm³/mol. The molecule has 0 aliphatic carbocycles. The first-order valence-corrected chi connectivity index (χ1v) is 8.98. The second kappa shape index (κ2) is 8.65. The van der Waals surface area contributed by atoms with E-state index >= 15 is 0 Å². The van der Waals surface area contributed by atoms with Crippen LogP contribution in [0.1, 0.15) is 12.0 Å². The molecule has 1 fully saturated rings. The molecular weight excluding hydrogens is 360 g/mol. The third kappa shape index (κ3) is 4.19. The minimum atomic E-state index is -0.412. The lowest BCUT2D eigenvalue weighted by molar-refractivity contribution is -0.126. The SMILES string of the molecule is COc1cc(CNC(=O)C2CC(=O)N(c3ccccc3OC)C2)cc(OC)c1. The Morgan fingerprint density at radius 2 is 1.75 bits per heavy atom. The maximum absolute atomic E-state index is 12.6. The molecule has 2 aromatic carbocycles. The summed E-state index contributed by atoms with van der Waals surface area (Å²) in [6.45, 7) is 0.651. The highest BCUT2D eigenvalue weighted by atomic mass is 16.5. The molecule has 0 radical (unpaired) electrons. The van der Waals surface area contributed by atoms with Crippen LogP contribution < -0.4 is 24.4 Å². The number of benzene rings is 2. The lowest BCUT2D eigenvalue weighted by Gasteiger charge is -2.19. The normalized spacial score (nSPS) is 16.0. The van der Waals surface area contributed by atoms with Crippen molar-refractivity contribution in [2.45, 2.75) is 13.0 Å². The summed E-state index contributed by atoms with van der Waals surface area (Å²) >= 11 is 0. The topological polar surface area (TPSA) is 77.1 Å². The van der Waals surface area contributed by atoms with Gasteiger partial charge in [-0.15, -0.1) is 0 Å². The minimum Gasteiger partial charge on any atom is -0.497 e. The summed E-state index contributed by atoms with van der Waals surface area (Å²) in [5.41, 5.74) is 1.54. The van der Waals surface area contributed by atoms with E-state index in [9.17, 15) is 9.59 Å². The van der Waals surface area contributed by atoms with E-state index in [1.165, 1.54) is 0 Å². The number of hydrogen-bond donors (Lipinski definition) is 1. The number of hydrogen-bond acceptors (Lipinski definition) is 5. The number of amides is 2. The number of para-hydroxylation sites is 2. The van der Waals surface area contributed by atoms with E-state index in [0.717, 1.165) is 5.56 Å². The summed E-state index contributed by atoms with van der Waals surface area (Å²) in [6, 6.07) is 12.7. The fourth-order valence-electron chi connectivity index (χ4n) is 3.27. The zero-order chi connectivity index (χ0) is 20.1. The van der Waals surface area contributed by atoms with Gasteiger partial charge >= 0.3 is 0 Å². The monoisotopic (exact) mass is 384 g/mol. The molecule has 1 atom stereocenters. The number of rotatable bonds is 7. The highest BCUT2D eigenvalue weighted by Crippen LogP contribution is 2.32. The van der Waals surface area contributed by atoms with Gasteiger partial charge in [0.05, 0.1) is 32.9 Å². The van der Waals surface area contributed by atoms with Crippen molar-refractivity contribution in [3.05, 3.63) is 48.0 Å². The summed E-state index contributed by atoms with van der Waals surface area (Å²) in [4.78, 5) is 26.7. The number of carbonyl (C=O) groups is 2. The number of ether oxygens (including phenoxy) is 3. The van der Waals surface area contributed by atoms with Crippen LogP contribution in [0.3, 0.4) is 0 Å². The molecule has 148 valence electrons. The van der Waals surface area contributed by atoms with Crippen LogP contribution in [-0.2, 0) is 16.1 Å². The zero-order valence-electron chi connectivity index (χ0n) is 16.2. The van der Waals surface area contributed by atoms with Crippen LogP contribution in [0.4, 0.5) is 5.69 Å². The standard InChI is InChI=1S/C21H24N2O5/c1-26-16-8-14(9-17(11-16)27-2)12-22-21(25)15-10-20(24)23(13-15)18-6-4-5-7-19(18)28-3/h4-9,11,15H,10,12-13H2,1-3H3,(H,22,25). The second-order valence-corrected chi connectivity index (χ2v) is 6.52. The quantitative estimate of drug-likeness (QED) is 0.793. The van der Waals surface area contributed by atoms with Gasteiger partial charge in [-0.3, -0.25) is 9.59 Å². The lowest BCUT2D eigenvalue weighted by atomic mass is 10.1. The Hall–Kier alpha value is -3.22. The largest absolute Gasteiger partial charge is 0.497 e. The number of nitrogens with one attached hydrogen (secondary N) is 1. The number of nitrogens with zero attached hydrogens (tertiary/aromatic N) is 1. The Bertz CT molecular complexity index is 845. The summed E-state index contributed by atoms with van der Waals surface area (Å²) in [5.74, 6) is 1.26. The second-order valence-electron chi connectivity index (χ2n) is 6.52. The fourth-order valence-corrected chi connectivity index (χ4v) is 3.27. The van der Waals surface area contributed by atoms with Gasteiger partial charge in [0.1, 0.15) is 17.2 Å². The van der Waals surface area contributed by atoms with Crippen molar-refractivity contribution in [3.63, 3.8) is 0 Å². The van der Waals surface area contributed by atoms with Crippen molar-refractivity contribution in [2.75, 3.05) is 32.8 Å². The number of anilines is 1. The van der Waals surface area contributed by atoms with Gasteiger partial charge in [-0.05, 0) is 29.8 Å². The molecule has 1 aliphatic heterocycles. The minimum absolute atomic E-state index is 0.0901. The average molecular weight is 384 g/mol. The van der Waals surface area contributed by atoms with Crippen LogP contribution in [0.5, 0.6) is 17.2 Å². The van der Waals surface area contributed by atoms with Crippen LogP contribution >= 0.6 is 0 Å². The molecule has 0 saturated carbocycles. The fraction of sp³-hybridized carbons (Fsp3) is 0.333. The van der Waals surface area contributed by atoms with Crippen LogP contribution in [0.2, 0.25) is 0 Å².